The predicted octanol–water partition coefficient (Wildman–Crippen LogP) is 3.71. The zero-order valence-corrected chi connectivity index (χ0v) is 13.4. The fraction of sp³-hybridized carbons (Fsp3) is 0.235. The molecule has 0 radical (unpaired) electrons. The summed E-state index contributed by atoms with van der Waals surface area (Å²) in [5.74, 6) is 3.29. The number of rotatable bonds is 6. The summed E-state index contributed by atoms with van der Waals surface area (Å²) in [6.07, 6.45) is 8.89. The Morgan fingerprint density at radius 2 is 2.29 bits per heavy atom. The van der Waals surface area contributed by atoms with Gasteiger partial charge >= 0.3 is 0 Å². The Morgan fingerprint density at radius 3 is 3.00 bits per heavy atom. The van der Waals surface area contributed by atoms with E-state index in [-0.39, 0.29) is 12.6 Å². The smallest absolute Gasteiger partial charge is 0.148 e. The molecule has 0 spiro atoms. The minimum Gasteiger partial charge on any atom is -0.481 e. The summed E-state index contributed by atoms with van der Waals surface area (Å²) >= 11 is 3.48. The van der Waals surface area contributed by atoms with E-state index in [1.165, 1.54) is 0 Å². The molecule has 1 heterocycles. The van der Waals surface area contributed by atoms with Crippen LogP contribution < -0.4 is 10.1 Å². The van der Waals surface area contributed by atoms with E-state index >= 15 is 0 Å². The Kier molecular flexibility index (Phi) is 5.79. The molecular formula is C17H17BrN2O. The largest absolute Gasteiger partial charge is 0.481 e. The van der Waals surface area contributed by atoms with E-state index in [4.69, 9.17) is 11.2 Å². The minimum absolute atomic E-state index is 0.207. The first-order chi connectivity index (χ1) is 10.2. The summed E-state index contributed by atoms with van der Waals surface area (Å²) in [5.41, 5.74) is 2.22. The Labute approximate surface area is 133 Å². The van der Waals surface area contributed by atoms with Crippen molar-refractivity contribution in [3.63, 3.8) is 0 Å². The van der Waals surface area contributed by atoms with Gasteiger partial charge in [-0.1, -0.05) is 27.9 Å². The number of hydrogen-bond acceptors (Lipinski definition) is 3. The number of terminal acetylenes is 1. The van der Waals surface area contributed by atoms with Crippen molar-refractivity contribution >= 4 is 15.9 Å². The number of ether oxygens (including phenoxy) is 1. The quantitative estimate of drug-likeness (QED) is 0.811. The highest BCUT2D eigenvalue weighted by Crippen LogP contribution is 2.24. The highest BCUT2D eigenvalue weighted by atomic mass is 79.9. The first kappa shape index (κ1) is 15.6. The van der Waals surface area contributed by atoms with Crippen LogP contribution in [-0.4, -0.2) is 11.6 Å². The van der Waals surface area contributed by atoms with Crippen molar-refractivity contribution in [2.24, 2.45) is 0 Å². The number of halogens is 1. The number of aromatic nitrogens is 1. The topological polar surface area (TPSA) is 34.1 Å². The number of hydrogen-bond donors (Lipinski definition) is 1. The van der Waals surface area contributed by atoms with E-state index in [1.807, 2.05) is 30.5 Å². The molecule has 1 aromatic heterocycles. The molecule has 0 aliphatic heterocycles. The van der Waals surface area contributed by atoms with E-state index in [0.717, 1.165) is 21.3 Å². The van der Waals surface area contributed by atoms with Crippen LogP contribution in [0, 0.1) is 12.3 Å². The first-order valence-electron chi connectivity index (χ1n) is 6.68. The molecule has 2 rings (SSSR count). The van der Waals surface area contributed by atoms with Crippen molar-refractivity contribution in [3.05, 3.63) is 58.3 Å². The van der Waals surface area contributed by atoms with Crippen LogP contribution in [0.2, 0.25) is 0 Å². The van der Waals surface area contributed by atoms with Gasteiger partial charge in [0.15, 0.2) is 0 Å². The van der Waals surface area contributed by atoms with Gasteiger partial charge in [-0.15, -0.1) is 6.42 Å². The SMILES string of the molecule is C#CCOc1ccc(Br)cc1CN[C@@H](C)c1cccnc1. The zero-order valence-electron chi connectivity index (χ0n) is 11.8. The van der Waals surface area contributed by atoms with Gasteiger partial charge in [0.25, 0.3) is 0 Å². The fourth-order valence-corrected chi connectivity index (χ4v) is 2.37. The molecule has 21 heavy (non-hydrogen) atoms. The fourth-order valence-electron chi connectivity index (χ4n) is 1.96. The number of nitrogens with one attached hydrogen (secondary N) is 1. The minimum atomic E-state index is 0.207. The van der Waals surface area contributed by atoms with Crippen molar-refractivity contribution in [1.82, 2.24) is 10.3 Å². The van der Waals surface area contributed by atoms with Crippen LogP contribution in [-0.2, 0) is 6.54 Å². The van der Waals surface area contributed by atoms with Gasteiger partial charge in [-0.05, 0) is 36.8 Å². The molecule has 0 fully saturated rings. The summed E-state index contributed by atoms with van der Waals surface area (Å²) in [4.78, 5) is 4.14. The molecular weight excluding hydrogens is 328 g/mol. The second-order valence-corrected chi connectivity index (χ2v) is 5.55. The van der Waals surface area contributed by atoms with Crippen LogP contribution in [0.15, 0.2) is 47.2 Å². The lowest BCUT2D eigenvalue weighted by atomic mass is 10.1. The summed E-state index contributed by atoms with van der Waals surface area (Å²) < 4.78 is 6.59. The second-order valence-electron chi connectivity index (χ2n) is 4.63. The lowest BCUT2D eigenvalue weighted by Gasteiger charge is -2.16. The Bertz CT molecular complexity index is 622. The molecule has 0 bridgehead atoms. The average molecular weight is 345 g/mol. The molecule has 0 amide bonds. The summed E-state index contributed by atoms with van der Waals surface area (Å²) in [5, 5.41) is 3.47. The van der Waals surface area contributed by atoms with Gasteiger partial charge in [0, 0.05) is 35.0 Å². The lowest BCUT2D eigenvalue weighted by Crippen LogP contribution is -2.18. The molecule has 0 aliphatic carbocycles. The molecule has 4 heteroatoms. The maximum absolute atomic E-state index is 5.57. The number of benzene rings is 1. The zero-order chi connectivity index (χ0) is 15.1. The Morgan fingerprint density at radius 1 is 1.43 bits per heavy atom. The maximum atomic E-state index is 5.57. The van der Waals surface area contributed by atoms with Gasteiger partial charge < -0.3 is 10.1 Å². The van der Waals surface area contributed by atoms with E-state index in [2.05, 4.69) is 45.1 Å². The van der Waals surface area contributed by atoms with Crippen molar-refractivity contribution in [3.8, 4) is 18.1 Å². The highest BCUT2D eigenvalue weighted by molar-refractivity contribution is 9.10. The van der Waals surface area contributed by atoms with Crippen LogP contribution >= 0.6 is 15.9 Å². The normalized spacial score (nSPS) is 11.7. The molecule has 0 saturated carbocycles. The van der Waals surface area contributed by atoms with Crippen LogP contribution in [0.4, 0.5) is 0 Å². The van der Waals surface area contributed by atoms with Crippen LogP contribution in [0.5, 0.6) is 5.75 Å². The molecule has 0 saturated heterocycles. The third-order valence-corrected chi connectivity index (χ3v) is 3.61. The van der Waals surface area contributed by atoms with Crippen LogP contribution in [0.25, 0.3) is 0 Å². The monoisotopic (exact) mass is 344 g/mol. The van der Waals surface area contributed by atoms with E-state index in [0.29, 0.717) is 6.54 Å². The molecule has 0 unspecified atom stereocenters. The first-order valence-corrected chi connectivity index (χ1v) is 7.48. The molecule has 0 aliphatic rings. The van der Waals surface area contributed by atoms with Gasteiger partial charge in [0.05, 0.1) is 0 Å². The molecule has 3 nitrogen and oxygen atoms in total. The van der Waals surface area contributed by atoms with Crippen molar-refractivity contribution in [2.45, 2.75) is 19.5 Å². The van der Waals surface area contributed by atoms with Gasteiger partial charge in [-0.25, -0.2) is 0 Å². The average Bonchev–Trinajstić information content (AvgIpc) is 2.52. The summed E-state index contributed by atoms with van der Waals surface area (Å²) in [6.45, 7) is 3.07. The molecule has 1 aromatic carbocycles. The summed E-state index contributed by atoms with van der Waals surface area (Å²) in [7, 11) is 0. The Hall–Kier alpha value is -1.83. The van der Waals surface area contributed by atoms with Crippen molar-refractivity contribution in [2.75, 3.05) is 6.61 Å². The van der Waals surface area contributed by atoms with E-state index < -0.39 is 0 Å². The third-order valence-electron chi connectivity index (χ3n) is 3.12. The highest BCUT2D eigenvalue weighted by Gasteiger charge is 2.08. The van der Waals surface area contributed by atoms with E-state index in [9.17, 15) is 0 Å². The molecule has 2 aromatic rings. The number of pyridine rings is 1. The van der Waals surface area contributed by atoms with E-state index in [1.54, 1.807) is 6.20 Å². The lowest BCUT2D eigenvalue weighted by molar-refractivity contribution is 0.364. The van der Waals surface area contributed by atoms with Gasteiger partial charge in [-0.3, -0.25) is 4.98 Å². The molecule has 1 N–H and O–H groups in total. The van der Waals surface area contributed by atoms with Crippen molar-refractivity contribution < 1.29 is 4.74 Å². The Balaban J connectivity index is 2.05. The van der Waals surface area contributed by atoms with Crippen LogP contribution in [0.1, 0.15) is 24.1 Å². The summed E-state index contributed by atoms with van der Waals surface area (Å²) in [6, 6.07) is 10.1. The number of nitrogens with zero attached hydrogens (tertiary/aromatic N) is 1. The standard InChI is InChI=1S/C17H17BrN2O/c1-3-9-21-17-7-6-16(18)10-15(17)12-20-13(2)14-5-4-8-19-11-14/h1,4-8,10-11,13,20H,9,12H2,2H3/t13-/m0/s1. The molecule has 1 atom stereocenters. The predicted molar refractivity (Wildman–Crippen MR) is 88.0 cm³/mol. The van der Waals surface area contributed by atoms with Gasteiger partial charge in [0.1, 0.15) is 12.4 Å². The molecule has 108 valence electrons. The second kappa shape index (κ2) is 7.82. The third kappa shape index (κ3) is 4.59. The van der Waals surface area contributed by atoms with Crippen molar-refractivity contribution in [1.29, 1.82) is 0 Å². The van der Waals surface area contributed by atoms with Gasteiger partial charge in [0.2, 0.25) is 0 Å². The maximum Gasteiger partial charge on any atom is 0.148 e. The van der Waals surface area contributed by atoms with Gasteiger partial charge in [-0.2, -0.15) is 0 Å². The van der Waals surface area contributed by atoms with Crippen LogP contribution in [0.3, 0.4) is 0 Å².